The molecule has 0 aliphatic rings. The number of aromatic nitrogens is 3. The van der Waals surface area contributed by atoms with Crippen molar-refractivity contribution in [3.05, 3.63) is 70.8 Å². The van der Waals surface area contributed by atoms with E-state index in [1.54, 1.807) is 47.9 Å². The van der Waals surface area contributed by atoms with Gasteiger partial charge in [-0.3, -0.25) is 0 Å². The highest BCUT2D eigenvalue weighted by atomic mass is 35.5. The Morgan fingerprint density at radius 1 is 1.00 bits per heavy atom. The average molecular weight is 479 g/mol. The highest BCUT2D eigenvalue weighted by molar-refractivity contribution is 7.15. The highest BCUT2D eigenvalue weighted by Crippen LogP contribution is 2.40. The summed E-state index contributed by atoms with van der Waals surface area (Å²) in [5.41, 5.74) is 9.29. The summed E-state index contributed by atoms with van der Waals surface area (Å²) in [6.07, 6.45) is 1.62. The second-order valence-electron chi connectivity index (χ2n) is 8.41. The third-order valence-corrected chi connectivity index (χ3v) is 6.45. The van der Waals surface area contributed by atoms with Crippen LogP contribution in [0, 0.1) is 0 Å². The number of thiazole rings is 1. The average Bonchev–Trinajstić information content (AvgIpc) is 3.22. The number of nitrogen functional groups attached to an aromatic ring is 1. The fourth-order valence-electron chi connectivity index (χ4n) is 3.08. The van der Waals surface area contributed by atoms with Crippen molar-refractivity contribution in [3.8, 4) is 21.8 Å². The molecule has 2 amide bonds. The lowest BCUT2D eigenvalue weighted by molar-refractivity contribution is 0.262. The zero-order chi connectivity index (χ0) is 23.6. The molecule has 0 fully saturated rings. The zero-order valence-corrected chi connectivity index (χ0v) is 20.0. The lowest BCUT2D eigenvalue weighted by Gasteiger charge is -2.13. The quantitative estimate of drug-likeness (QED) is 0.312. The second kappa shape index (κ2) is 9.17. The number of carbonyl (C=O) groups is 1. The van der Waals surface area contributed by atoms with Crippen molar-refractivity contribution < 1.29 is 4.79 Å². The van der Waals surface area contributed by atoms with Gasteiger partial charge in [0.1, 0.15) is 5.69 Å². The Morgan fingerprint density at radius 2 is 1.73 bits per heavy atom. The number of halogens is 1. The molecule has 9 heteroatoms. The van der Waals surface area contributed by atoms with Crippen molar-refractivity contribution in [1.82, 2.24) is 15.0 Å². The summed E-state index contributed by atoms with van der Waals surface area (Å²) in [5.74, 6) is 0.193. The Bertz CT molecular complexity index is 1300. The number of nitrogens with two attached hydrogens (primary N) is 1. The SMILES string of the molecule is CC(C)(C)c1nc(-c2ccnc(N)n2)c(-c2cccc(NC(=O)Nc3ccc(Cl)cc3)c2)s1. The predicted molar refractivity (Wildman–Crippen MR) is 136 cm³/mol. The minimum Gasteiger partial charge on any atom is -0.368 e. The monoisotopic (exact) mass is 478 g/mol. The summed E-state index contributed by atoms with van der Waals surface area (Å²) < 4.78 is 0. The van der Waals surface area contributed by atoms with Crippen molar-refractivity contribution in [2.24, 2.45) is 0 Å². The molecular weight excluding hydrogens is 456 g/mol. The number of nitrogens with one attached hydrogen (secondary N) is 2. The molecule has 0 radical (unpaired) electrons. The third kappa shape index (κ3) is 5.47. The van der Waals surface area contributed by atoms with Crippen LogP contribution in [0.2, 0.25) is 5.02 Å². The van der Waals surface area contributed by atoms with Crippen molar-refractivity contribution in [2.75, 3.05) is 16.4 Å². The molecule has 2 aromatic carbocycles. The van der Waals surface area contributed by atoms with Gasteiger partial charge in [-0.2, -0.15) is 0 Å². The fraction of sp³-hybridized carbons (Fsp3) is 0.167. The van der Waals surface area contributed by atoms with E-state index in [1.807, 2.05) is 24.3 Å². The number of anilines is 3. The van der Waals surface area contributed by atoms with E-state index in [9.17, 15) is 4.79 Å². The number of amides is 2. The number of hydrogen-bond donors (Lipinski definition) is 3. The van der Waals surface area contributed by atoms with Crippen LogP contribution >= 0.6 is 22.9 Å². The second-order valence-corrected chi connectivity index (χ2v) is 9.85. The van der Waals surface area contributed by atoms with Crippen LogP contribution in [-0.2, 0) is 5.41 Å². The molecule has 168 valence electrons. The molecular formula is C24H23ClN6OS. The van der Waals surface area contributed by atoms with Gasteiger partial charge >= 0.3 is 6.03 Å². The molecule has 0 bridgehead atoms. The first-order valence-corrected chi connectivity index (χ1v) is 11.4. The minimum atomic E-state index is -0.349. The Labute approximate surface area is 201 Å². The van der Waals surface area contributed by atoms with Gasteiger partial charge in [0.05, 0.1) is 15.6 Å². The maximum absolute atomic E-state index is 12.5. The zero-order valence-electron chi connectivity index (χ0n) is 18.4. The van der Waals surface area contributed by atoms with Crippen LogP contribution in [0.25, 0.3) is 21.8 Å². The molecule has 7 nitrogen and oxygen atoms in total. The fourth-order valence-corrected chi connectivity index (χ4v) is 4.33. The van der Waals surface area contributed by atoms with Crippen LogP contribution in [-0.4, -0.2) is 21.0 Å². The smallest absolute Gasteiger partial charge is 0.323 e. The molecule has 4 N–H and O–H groups in total. The number of rotatable bonds is 4. The molecule has 0 saturated carbocycles. The standard InChI is InChI=1S/C24H23ClN6OS/c1-24(2,3)21-31-19(18-11-12-27-22(26)30-18)20(33-21)14-5-4-6-17(13-14)29-23(32)28-16-9-7-15(25)8-10-16/h4-13H,1-3H3,(H2,26,27,30)(H2,28,29,32). The van der Waals surface area contributed by atoms with Crippen LogP contribution in [0.5, 0.6) is 0 Å². The Hall–Kier alpha value is -3.49. The van der Waals surface area contributed by atoms with Crippen molar-refractivity contribution in [2.45, 2.75) is 26.2 Å². The molecule has 0 aliphatic heterocycles. The molecule has 0 atom stereocenters. The van der Waals surface area contributed by atoms with Gasteiger partial charge in [-0.1, -0.05) is 44.5 Å². The summed E-state index contributed by atoms with van der Waals surface area (Å²) in [4.78, 5) is 26.7. The van der Waals surface area contributed by atoms with Gasteiger partial charge in [-0.15, -0.1) is 11.3 Å². The summed E-state index contributed by atoms with van der Waals surface area (Å²) in [6.45, 7) is 6.35. The largest absolute Gasteiger partial charge is 0.368 e. The molecule has 33 heavy (non-hydrogen) atoms. The predicted octanol–water partition coefficient (Wildman–Crippen LogP) is 6.44. The molecule has 4 aromatic rings. The van der Waals surface area contributed by atoms with Crippen molar-refractivity contribution in [1.29, 1.82) is 0 Å². The van der Waals surface area contributed by atoms with Crippen molar-refractivity contribution in [3.63, 3.8) is 0 Å². The summed E-state index contributed by atoms with van der Waals surface area (Å²) >= 11 is 7.50. The highest BCUT2D eigenvalue weighted by Gasteiger charge is 2.24. The first-order valence-electron chi connectivity index (χ1n) is 10.2. The molecule has 4 rings (SSSR count). The van der Waals surface area contributed by atoms with Gasteiger partial charge in [0.15, 0.2) is 0 Å². The Balaban J connectivity index is 1.65. The minimum absolute atomic E-state index is 0.134. The summed E-state index contributed by atoms with van der Waals surface area (Å²) in [5, 5.41) is 7.25. The number of urea groups is 1. The van der Waals surface area contributed by atoms with Crippen LogP contribution in [0.15, 0.2) is 60.8 Å². The van der Waals surface area contributed by atoms with Gasteiger partial charge in [0.2, 0.25) is 5.95 Å². The van der Waals surface area contributed by atoms with Crippen LogP contribution in [0.3, 0.4) is 0 Å². The lowest BCUT2D eigenvalue weighted by atomic mass is 9.98. The van der Waals surface area contributed by atoms with E-state index in [1.165, 1.54) is 0 Å². The van der Waals surface area contributed by atoms with Crippen LogP contribution < -0.4 is 16.4 Å². The topological polar surface area (TPSA) is 106 Å². The van der Waals surface area contributed by atoms with E-state index < -0.39 is 0 Å². The van der Waals surface area contributed by atoms with Gasteiger partial charge in [-0.05, 0) is 48.0 Å². The number of benzene rings is 2. The number of hydrogen-bond acceptors (Lipinski definition) is 6. The van der Waals surface area contributed by atoms with E-state index in [2.05, 4.69) is 41.4 Å². The van der Waals surface area contributed by atoms with Gasteiger partial charge in [-0.25, -0.2) is 19.7 Å². The van der Waals surface area contributed by atoms with E-state index in [0.29, 0.717) is 22.1 Å². The first kappa shape index (κ1) is 22.7. The van der Waals surface area contributed by atoms with Gasteiger partial charge in [0, 0.05) is 28.0 Å². The molecule has 0 spiro atoms. The number of nitrogens with zero attached hydrogens (tertiary/aromatic N) is 3. The molecule has 0 unspecified atom stereocenters. The van der Waals surface area contributed by atoms with Gasteiger partial charge < -0.3 is 16.4 Å². The first-order chi connectivity index (χ1) is 15.7. The van der Waals surface area contributed by atoms with E-state index in [-0.39, 0.29) is 17.4 Å². The normalized spacial score (nSPS) is 11.3. The molecule has 0 saturated heterocycles. The Kier molecular flexibility index (Phi) is 6.31. The molecule has 2 heterocycles. The van der Waals surface area contributed by atoms with E-state index in [0.717, 1.165) is 21.1 Å². The van der Waals surface area contributed by atoms with Gasteiger partial charge in [0.25, 0.3) is 0 Å². The summed E-state index contributed by atoms with van der Waals surface area (Å²) in [7, 11) is 0. The lowest BCUT2D eigenvalue weighted by Crippen LogP contribution is -2.19. The molecule has 2 aromatic heterocycles. The maximum Gasteiger partial charge on any atom is 0.323 e. The van der Waals surface area contributed by atoms with E-state index >= 15 is 0 Å². The van der Waals surface area contributed by atoms with Crippen LogP contribution in [0.1, 0.15) is 25.8 Å². The van der Waals surface area contributed by atoms with Crippen LogP contribution in [0.4, 0.5) is 22.1 Å². The number of carbonyl (C=O) groups excluding carboxylic acids is 1. The third-order valence-electron chi connectivity index (χ3n) is 4.67. The maximum atomic E-state index is 12.5. The Morgan fingerprint density at radius 3 is 2.42 bits per heavy atom. The summed E-state index contributed by atoms with van der Waals surface area (Å²) in [6, 6.07) is 16.0. The van der Waals surface area contributed by atoms with E-state index in [4.69, 9.17) is 22.3 Å². The van der Waals surface area contributed by atoms with Crippen molar-refractivity contribution >= 4 is 46.3 Å². The molecule has 0 aliphatic carbocycles.